The third-order valence-corrected chi connectivity index (χ3v) is 3.73. The van der Waals surface area contributed by atoms with E-state index in [1.165, 1.54) is 0 Å². The quantitative estimate of drug-likeness (QED) is 0.631. The third-order valence-electron chi connectivity index (χ3n) is 2.83. The average molecular weight is 276 g/mol. The highest BCUT2D eigenvalue weighted by Crippen LogP contribution is 2.08. The first kappa shape index (κ1) is 17.1. The summed E-state index contributed by atoms with van der Waals surface area (Å²) in [6, 6.07) is -1.23. The van der Waals surface area contributed by atoms with E-state index in [9.17, 15) is 9.59 Å². The number of thioether (sulfide) groups is 1. The normalized spacial score (nSPS) is 15.6. The molecule has 0 heterocycles. The number of hydrogen-bond donors (Lipinski definition) is 3. The SMILES string of the molecule is CCC(C)C(NC(=O)NCC(C)CSC)C(=O)O. The number of amides is 2. The zero-order valence-corrected chi connectivity index (χ0v) is 12.3. The van der Waals surface area contributed by atoms with E-state index in [0.717, 1.165) is 5.75 Å². The van der Waals surface area contributed by atoms with Crippen molar-refractivity contribution in [1.29, 1.82) is 0 Å². The minimum atomic E-state index is -0.989. The van der Waals surface area contributed by atoms with Crippen molar-refractivity contribution < 1.29 is 14.7 Å². The first-order valence-electron chi connectivity index (χ1n) is 6.18. The highest BCUT2D eigenvalue weighted by atomic mass is 32.2. The molecule has 0 aromatic carbocycles. The molecule has 0 aliphatic heterocycles. The summed E-state index contributed by atoms with van der Waals surface area (Å²) in [7, 11) is 0. The number of carboxylic acids is 1. The summed E-state index contributed by atoms with van der Waals surface area (Å²) >= 11 is 1.72. The average Bonchev–Trinajstić information content (AvgIpc) is 2.32. The number of nitrogens with one attached hydrogen (secondary N) is 2. The fraction of sp³-hybridized carbons (Fsp3) is 0.833. The lowest BCUT2D eigenvalue weighted by Gasteiger charge is -2.21. The molecule has 0 fully saturated rings. The van der Waals surface area contributed by atoms with Crippen LogP contribution >= 0.6 is 11.8 Å². The summed E-state index contributed by atoms with van der Waals surface area (Å²) in [5.41, 5.74) is 0. The maximum Gasteiger partial charge on any atom is 0.326 e. The molecule has 0 aromatic heterocycles. The van der Waals surface area contributed by atoms with Gasteiger partial charge in [0.05, 0.1) is 0 Å². The maximum atomic E-state index is 11.6. The van der Waals surface area contributed by atoms with Crippen LogP contribution in [-0.4, -0.2) is 41.7 Å². The van der Waals surface area contributed by atoms with E-state index < -0.39 is 18.0 Å². The largest absolute Gasteiger partial charge is 0.480 e. The molecule has 3 N–H and O–H groups in total. The van der Waals surface area contributed by atoms with Crippen LogP contribution in [-0.2, 0) is 4.79 Å². The summed E-state index contributed by atoms with van der Waals surface area (Å²) in [6.45, 7) is 6.32. The van der Waals surface area contributed by atoms with Crippen molar-refractivity contribution in [2.75, 3.05) is 18.6 Å². The van der Waals surface area contributed by atoms with Crippen LogP contribution in [0.15, 0.2) is 0 Å². The third kappa shape index (κ3) is 6.74. The second-order valence-corrected chi connectivity index (χ2v) is 5.53. The van der Waals surface area contributed by atoms with Crippen LogP contribution < -0.4 is 10.6 Å². The summed E-state index contributed by atoms with van der Waals surface area (Å²) in [5, 5.41) is 14.3. The van der Waals surface area contributed by atoms with Gasteiger partial charge in [0.25, 0.3) is 0 Å². The van der Waals surface area contributed by atoms with Gasteiger partial charge in [0.1, 0.15) is 6.04 Å². The summed E-state index contributed by atoms with van der Waals surface area (Å²) in [5.74, 6) is 0.264. The van der Waals surface area contributed by atoms with Crippen LogP contribution in [0.25, 0.3) is 0 Å². The maximum absolute atomic E-state index is 11.6. The molecule has 106 valence electrons. The number of aliphatic carboxylic acids is 1. The Hall–Kier alpha value is -0.910. The van der Waals surface area contributed by atoms with Crippen molar-refractivity contribution in [2.45, 2.75) is 33.2 Å². The van der Waals surface area contributed by atoms with Crippen molar-refractivity contribution in [2.24, 2.45) is 11.8 Å². The van der Waals surface area contributed by atoms with Gasteiger partial charge in [-0.25, -0.2) is 9.59 Å². The summed E-state index contributed by atoms with van der Waals surface area (Å²) in [6.07, 6.45) is 2.72. The number of carboxylic acid groups (broad SMARTS) is 1. The Balaban J connectivity index is 4.14. The van der Waals surface area contributed by atoms with Crippen molar-refractivity contribution in [1.82, 2.24) is 10.6 Å². The van der Waals surface area contributed by atoms with Crippen LogP contribution in [0.5, 0.6) is 0 Å². The van der Waals surface area contributed by atoms with E-state index in [4.69, 9.17) is 5.11 Å². The second-order valence-electron chi connectivity index (χ2n) is 4.62. The fourth-order valence-electron chi connectivity index (χ4n) is 1.49. The Kier molecular flexibility index (Phi) is 8.62. The first-order valence-corrected chi connectivity index (χ1v) is 7.57. The lowest BCUT2D eigenvalue weighted by molar-refractivity contribution is -0.140. The number of carbonyl (C=O) groups is 2. The Morgan fingerprint density at radius 3 is 2.39 bits per heavy atom. The van der Waals surface area contributed by atoms with Crippen LogP contribution in [0.1, 0.15) is 27.2 Å². The smallest absolute Gasteiger partial charge is 0.326 e. The van der Waals surface area contributed by atoms with E-state index in [1.54, 1.807) is 11.8 Å². The molecule has 18 heavy (non-hydrogen) atoms. The molecule has 0 bridgehead atoms. The zero-order valence-electron chi connectivity index (χ0n) is 11.5. The van der Waals surface area contributed by atoms with Gasteiger partial charge in [-0.15, -0.1) is 0 Å². The van der Waals surface area contributed by atoms with Crippen molar-refractivity contribution >= 4 is 23.8 Å². The molecule has 0 aromatic rings. The molecule has 0 rings (SSSR count). The van der Waals surface area contributed by atoms with Gasteiger partial charge in [-0.2, -0.15) is 11.8 Å². The Labute approximate surface area is 113 Å². The minimum absolute atomic E-state index is 0.0862. The Morgan fingerprint density at radius 2 is 1.94 bits per heavy atom. The van der Waals surface area contributed by atoms with E-state index in [2.05, 4.69) is 10.6 Å². The molecular formula is C12H24N2O3S. The first-order chi connectivity index (χ1) is 8.42. The van der Waals surface area contributed by atoms with Crippen LogP contribution in [0.3, 0.4) is 0 Å². The van der Waals surface area contributed by atoms with E-state index >= 15 is 0 Å². The number of rotatable bonds is 8. The number of carbonyl (C=O) groups excluding carboxylic acids is 1. The van der Waals surface area contributed by atoms with Crippen molar-refractivity contribution in [3.05, 3.63) is 0 Å². The molecule has 0 radical (unpaired) electrons. The van der Waals surface area contributed by atoms with Gasteiger partial charge in [0.2, 0.25) is 0 Å². The molecule has 0 aliphatic rings. The van der Waals surface area contributed by atoms with E-state index in [1.807, 2.05) is 27.0 Å². The monoisotopic (exact) mass is 276 g/mol. The number of urea groups is 1. The predicted molar refractivity (Wildman–Crippen MR) is 75.0 cm³/mol. The standard InChI is InChI=1S/C12H24N2O3S/c1-5-9(3)10(11(15)16)14-12(17)13-6-8(2)7-18-4/h8-10H,5-7H2,1-4H3,(H,15,16)(H2,13,14,17). The number of hydrogen-bond acceptors (Lipinski definition) is 3. The van der Waals surface area contributed by atoms with Gasteiger partial charge < -0.3 is 15.7 Å². The minimum Gasteiger partial charge on any atom is -0.480 e. The molecule has 0 aliphatic carbocycles. The molecule has 0 spiro atoms. The molecule has 5 nitrogen and oxygen atoms in total. The predicted octanol–water partition coefficient (Wildman–Crippen LogP) is 1.78. The Bertz CT molecular complexity index is 274. The van der Waals surface area contributed by atoms with Gasteiger partial charge in [0, 0.05) is 6.54 Å². The van der Waals surface area contributed by atoms with Crippen LogP contribution in [0.4, 0.5) is 4.79 Å². The van der Waals surface area contributed by atoms with Crippen molar-refractivity contribution in [3.63, 3.8) is 0 Å². The second kappa shape index (κ2) is 9.08. The van der Waals surface area contributed by atoms with Gasteiger partial charge >= 0.3 is 12.0 Å². The lowest BCUT2D eigenvalue weighted by Crippen LogP contribution is -2.49. The van der Waals surface area contributed by atoms with Gasteiger partial charge in [-0.05, 0) is 23.8 Å². The van der Waals surface area contributed by atoms with Gasteiger partial charge in [-0.1, -0.05) is 27.2 Å². The highest BCUT2D eigenvalue weighted by molar-refractivity contribution is 7.98. The molecule has 0 saturated carbocycles. The Morgan fingerprint density at radius 1 is 1.33 bits per heavy atom. The summed E-state index contributed by atoms with van der Waals surface area (Å²) < 4.78 is 0. The molecular weight excluding hydrogens is 252 g/mol. The molecule has 3 atom stereocenters. The van der Waals surface area contributed by atoms with Gasteiger partial charge in [0.15, 0.2) is 0 Å². The molecule has 6 heteroatoms. The van der Waals surface area contributed by atoms with Crippen LogP contribution in [0.2, 0.25) is 0 Å². The zero-order chi connectivity index (χ0) is 14.1. The topological polar surface area (TPSA) is 78.4 Å². The fourth-order valence-corrected chi connectivity index (χ4v) is 2.17. The molecule has 2 amide bonds. The molecule has 0 saturated heterocycles. The van der Waals surface area contributed by atoms with Crippen molar-refractivity contribution in [3.8, 4) is 0 Å². The summed E-state index contributed by atoms with van der Waals surface area (Å²) in [4.78, 5) is 22.6. The molecule has 3 unspecified atom stereocenters. The van der Waals surface area contributed by atoms with Gasteiger partial charge in [-0.3, -0.25) is 0 Å². The lowest BCUT2D eigenvalue weighted by atomic mass is 9.99. The van der Waals surface area contributed by atoms with E-state index in [-0.39, 0.29) is 5.92 Å². The van der Waals surface area contributed by atoms with E-state index in [0.29, 0.717) is 18.9 Å². The highest BCUT2D eigenvalue weighted by Gasteiger charge is 2.25. The van der Waals surface area contributed by atoms with Crippen LogP contribution in [0, 0.1) is 11.8 Å².